The first kappa shape index (κ1) is 18.1. The molecule has 2 aromatic heterocycles. The molecule has 27 heavy (non-hydrogen) atoms. The summed E-state index contributed by atoms with van der Waals surface area (Å²) in [6.07, 6.45) is 3.02. The predicted molar refractivity (Wildman–Crippen MR) is 106 cm³/mol. The van der Waals surface area contributed by atoms with Crippen molar-refractivity contribution in [3.63, 3.8) is 0 Å². The number of hydrogen-bond acceptors (Lipinski definition) is 6. The van der Waals surface area contributed by atoms with Crippen LogP contribution in [0.3, 0.4) is 0 Å². The van der Waals surface area contributed by atoms with E-state index in [2.05, 4.69) is 25.7 Å². The Morgan fingerprint density at radius 1 is 1.30 bits per heavy atom. The van der Waals surface area contributed by atoms with E-state index in [1.165, 1.54) is 16.4 Å². The van der Waals surface area contributed by atoms with E-state index in [1.54, 1.807) is 18.2 Å². The second kappa shape index (κ2) is 7.41. The lowest BCUT2D eigenvalue weighted by Crippen LogP contribution is -2.16. The van der Waals surface area contributed by atoms with Gasteiger partial charge in [0.05, 0.1) is 15.8 Å². The molecule has 4 N–H and O–H groups in total. The number of aromatic amines is 1. The number of rotatable bonds is 5. The standard InChI is InChI=1S/C16H15Cl2N7OS/c17-10-5-4-8(6-11(10)18)20-13(26)7-27-16-24-23-15(25(16)19)14-9-2-1-3-12(9)21-22-14/h4-6H,1-3,7,19H2,(H,20,26)(H,21,22). The molecule has 4 rings (SSSR count). The molecular weight excluding hydrogens is 409 g/mol. The van der Waals surface area contributed by atoms with E-state index in [1.807, 2.05) is 0 Å². The van der Waals surface area contributed by atoms with Crippen LogP contribution in [0.5, 0.6) is 0 Å². The number of carbonyl (C=O) groups is 1. The Labute approximate surface area is 168 Å². The number of fused-ring (bicyclic) bond motifs is 1. The van der Waals surface area contributed by atoms with Crippen molar-refractivity contribution in [2.24, 2.45) is 0 Å². The van der Waals surface area contributed by atoms with Crippen molar-refractivity contribution in [1.82, 2.24) is 25.1 Å². The van der Waals surface area contributed by atoms with E-state index in [9.17, 15) is 4.79 Å². The quantitative estimate of drug-likeness (QED) is 0.429. The summed E-state index contributed by atoms with van der Waals surface area (Å²) in [5.41, 5.74) is 3.56. The van der Waals surface area contributed by atoms with Gasteiger partial charge in [-0.1, -0.05) is 35.0 Å². The van der Waals surface area contributed by atoms with E-state index in [0.717, 1.165) is 36.2 Å². The minimum absolute atomic E-state index is 0.119. The molecule has 11 heteroatoms. The summed E-state index contributed by atoms with van der Waals surface area (Å²) in [6.45, 7) is 0. The Morgan fingerprint density at radius 2 is 2.15 bits per heavy atom. The highest BCUT2D eigenvalue weighted by molar-refractivity contribution is 7.99. The molecule has 0 fully saturated rings. The predicted octanol–water partition coefficient (Wildman–Crippen LogP) is 2.91. The zero-order chi connectivity index (χ0) is 19.0. The minimum Gasteiger partial charge on any atom is -0.335 e. The zero-order valence-corrected chi connectivity index (χ0v) is 16.3. The number of amides is 1. The average molecular weight is 424 g/mol. The lowest BCUT2D eigenvalue weighted by atomic mass is 10.2. The molecule has 1 aliphatic rings. The van der Waals surface area contributed by atoms with Gasteiger partial charge in [0.1, 0.15) is 5.69 Å². The maximum absolute atomic E-state index is 12.2. The minimum atomic E-state index is -0.219. The molecule has 0 spiro atoms. The molecule has 1 amide bonds. The summed E-state index contributed by atoms with van der Waals surface area (Å²) in [6, 6.07) is 4.89. The third-order valence-corrected chi connectivity index (χ3v) is 5.90. The fourth-order valence-corrected chi connectivity index (χ4v) is 3.90. The van der Waals surface area contributed by atoms with Gasteiger partial charge in [-0.05, 0) is 37.5 Å². The number of nitrogen functional groups attached to an aromatic ring is 1. The molecular formula is C16H15Cl2N7OS. The molecule has 0 bridgehead atoms. The van der Waals surface area contributed by atoms with Crippen LogP contribution in [0.15, 0.2) is 23.4 Å². The van der Waals surface area contributed by atoms with E-state index < -0.39 is 0 Å². The van der Waals surface area contributed by atoms with Crippen molar-refractivity contribution in [3.8, 4) is 11.5 Å². The van der Waals surface area contributed by atoms with Crippen LogP contribution in [0.2, 0.25) is 10.0 Å². The van der Waals surface area contributed by atoms with Crippen molar-refractivity contribution >= 4 is 46.6 Å². The molecule has 0 unspecified atom stereocenters. The molecule has 0 aliphatic heterocycles. The van der Waals surface area contributed by atoms with Gasteiger partial charge in [0.25, 0.3) is 0 Å². The Hall–Kier alpha value is -2.23. The van der Waals surface area contributed by atoms with Crippen LogP contribution in [-0.4, -0.2) is 36.7 Å². The van der Waals surface area contributed by atoms with Gasteiger partial charge in [-0.2, -0.15) is 5.10 Å². The lowest BCUT2D eigenvalue weighted by molar-refractivity contribution is -0.113. The first-order chi connectivity index (χ1) is 13.0. The Bertz CT molecular complexity index is 1020. The fraction of sp³-hybridized carbons (Fsp3) is 0.250. The van der Waals surface area contributed by atoms with Gasteiger partial charge < -0.3 is 11.2 Å². The molecule has 0 radical (unpaired) electrons. The van der Waals surface area contributed by atoms with E-state index in [-0.39, 0.29) is 11.7 Å². The normalized spacial score (nSPS) is 13.0. The highest BCUT2D eigenvalue weighted by Gasteiger charge is 2.24. The second-order valence-electron chi connectivity index (χ2n) is 6.02. The number of nitrogens with zero attached hydrogens (tertiary/aromatic N) is 4. The second-order valence-corrected chi connectivity index (χ2v) is 7.78. The highest BCUT2D eigenvalue weighted by atomic mass is 35.5. The van der Waals surface area contributed by atoms with E-state index in [0.29, 0.717) is 26.7 Å². The topological polar surface area (TPSA) is 115 Å². The molecule has 3 aromatic rings. The van der Waals surface area contributed by atoms with Crippen LogP contribution < -0.4 is 11.2 Å². The van der Waals surface area contributed by atoms with Gasteiger partial charge >= 0.3 is 0 Å². The van der Waals surface area contributed by atoms with Crippen LogP contribution in [-0.2, 0) is 17.6 Å². The number of hydrogen-bond donors (Lipinski definition) is 3. The Kier molecular flexibility index (Phi) is 4.98. The molecule has 2 heterocycles. The molecule has 140 valence electrons. The lowest BCUT2D eigenvalue weighted by Gasteiger charge is -2.06. The van der Waals surface area contributed by atoms with Gasteiger partial charge in [0.2, 0.25) is 16.9 Å². The first-order valence-electron chi connectivity index (χ1n) is 8.17. The molecule has 0 saturated carbocycles. The number of nitrogens with two attached hydrogens (primary N) is 1. The van der Waals surface area contributed by atoms with E-state index >= 15 is 0 Å². The summed E-state index contributed by atoms with van der Waals surface area (Å²) in [5, 5.41) is 19.5. The first-order valence-corrected chi connectivity index (χ1v) is 9.91. The maximum Gasteiger partial charge on any atom is 0.234 e. The number of carbonyl (C=O) groups excluding carboxylic acids is 1. The van der Waals surface area contributed by atoms with Gasteiger partial charge in [0.15, 0.2) is 0 Å². The summed E-state index contributed by atoms with van der Waals surface area (Å²) in [7, 11) is 0. The number of halogens is 2. The Morgan fingerprint density at radius 3 is 2.96 bits per heavy atom. The van der Waals surface area contributed by atoms with Gasteiger partial charge in [-0.25, -0.2) is 4.68 Å². The summed E-state index contributed by atoms with van der Waals surface area (Å²) < 4.78 is 1.37. The number of H-pyrrole nitrogens is 1. The maximum atomic E-state index is 12.2. The molecule has 1 aliphatic carbocycles. The molecule has 0 atom stereocenters. The Balaban J connectivity index is 1.42. The van der Waals surface area contributed by atoms with Crippen molar-refractivity contribution in [2.75, 3.05) is 16.9 Å². The average Bonchev–Trinajstić information content (AvgIpc) is 3.33. The fourth-order valence-electron chi connectivity index (χ4n) is 2.94. The smallest absolute Gasteiger partial charge is 0.234 e. The van der Waals surface area contributed by atoms with Crippen LogP contribution in [0, 0.1) is 0 Å². The van der Waals surface area contributed by atoms with Crippen LogP contribution in [0.25, 0.3) is 11.5 Å². The number of thioether (sulfide) groups is 1. The van der Waals surface area contributed by atoms with Crippen molar-refractivity contribution in [1.29, 1.82) is 0 Å². The molecule has 8 nitrogen and oxygen atoms in total. The van der Waals surface area contributed by atoms with Crippen molar-refractivity contribution in [2.45, 2.75) is 24.4 Å². The number of aryl methyl sites for hydroxylation is 1. The SMILES string of the molecule is Nn1c(SCC(=O)Nc2ccc(Cl)c(Cl)c2)nnc1-c1n[nH]c2c1CCC2. The van der Waals surface area contributed by atoms with Crippen LogP contribution in [0.1, 0.15) is 17.7 Å². The van der Waals surface area contributed by atoms with E-state index in [4.69, 9.17) is 29.0 Å². The molecule has 0 saturated heterocycles. The van der Waals surface area contributed by atoms with Gasteiger partial charge in [-0.3, -0.25) is 9.89 Å². The number of aromatic nitrogens is 5. The van der Waals surface area contributed by atoms with Gasteiger partial charge in [-0.15, -0.1) is 10.2 Å². The van der Waals surface area contributed by atoms with Crippen molar-refractivity contribution in [3.05, 3.63) is 39.5 Å². The number of benzene rings is 1. The highest BCUT2D eigenvalue weighted by Crippen LogP contribution is 2.30. The molecule has 1 aromatic carbocycles. The van der Waals surface area contributed by atoms with Crippen molar-refractivity contribution < 1.29 is 4.79 Å². The summed E-state index contributed by atoms with van der Waals surface area (Å²) in [5.74, 6) is 6.51. The summed E-state index contributed by atoms with van der Waals surface area (Å²) in [4.78, 5) is 12.2. The third-order valence-electron chi connectivity index (χ3n) is 4.22. The third kappa shape index (κ3) is 3.62. The number of anilines is 1. The van der Waals surface area contributed by atoms with Crippen LogP contribution >= 0.6 is 35.0 Å². The zero-order valence-electron chi connectivity index (χ0n) is 14.0. The van der Waals surface area contributed by atoms with Crippen LogP contribution in [0.4, 0.5) is 5.69 Å². The largest absolute Gasteiger partial charge is 0.335 e. The number of nitrogens with one attached hydrogen (secondary N) is 2. The van der Waals surface area contributed by atoms with Gasteiger partial charge in [0, 0.05) is 16.9 Å². The monoisotopic (exact) mass is 423 g/mol. The summed E-state index contributed by atoms with van der Waals surface area (Å²) >= 11 is 13.0.